The number of amides is 1. The minimum absolute atomic E-state index is 0.00463. The number of hydrogen-bond donors (Lipinski definition) is 2. The average molecular weight is 187 g/mol. The number of carbonyl (C=O) groups is 2. The number of hydrogen-bond acceptors (Lipinski definition) is 2. The molecule has 0 bridgehead atoms. The lowest BCUT2D eigenvalue weighted by molar-refractivity contribution is -0.192. The summed E-state index contributed by atoms with van der Waals surface area (Å²) in [6.45, 7) is 1.47. The quantitative estimate of drug-likeness (QED) is 0.576. The number of carboxylic acids is 1. The number of alkyl halides is 3. The van der Waals surface area contributed by atoms with Crippen molar-refractivity contribution < 1.29 is 27.9 Å². The highest BCUT2D eigenvalue weighted by Gasteiger charge is 2.38. The molecular weight excluding hydrogens is 179 g/mol. The lowest BCUT2D eigenvalue weighted by Gasteiger charge is -1.93. The van der Waals surface area contributed by atoms with Gasteiger partial charge in [0.2, 0.25) is 5.91 Å². The summed E-state index contributed by atoms with van der Waals surface area (Å²) in [7, 11) is 1.60. The van der Waals surface area contributed by atoms with Crippen LogP contribution in [-0.2, 0) is 9.59 Å². The molecule has 0 aliphatic heterocycles. The number of aliphatic carboxylic acids is 1. The van der Waals surface area contributed by atoms with E-state index in [0.29, 0.717) is 0 Å². The Bertz CT molecular complexity index is 166. The van der Waals surface area contributed by atoms with Gasteiger partial charge in [-0.3, -0.25) is 4.79 Å². The molecule has 0 radical (unpaired) electrons. The predicted octanol–water partition coefficient (Wildman–Crippen LogP) is 0.386. The third kappa shape index (κ3) is 11.5. The molecule has 0 aliphatic rings. The van der Waals surface area contributed by atoms with Gasteiger partial charge in [0.1, 0.15) is 0 Å². The van der Waals surface area contributed by atoms with Crippen molar-refractivity contribution in [2.75, 3.05) is 7.05 Å². The molecule has 0 saturated carbocycles. The van der Waals surface area contributed by atoms with E-state index in [1.807, 2.05) is 0 Å². The van der Waals surface area contributed by atoms with Crippen LogP contribution in [0.15, 0.2) is 0 Å². The summed E-state index contributed by atoms with van der Waals surface area (Å²) >= 11 is 0. The number of carbonyl (C=O) groups excluding carboxylic acids is 1. The van der Waals surface area contributed by atoms with Gasteiger partial charge >= 0.3 is 12.1 Å². The van der Waals surface area contributed by atoms with E-state index < -0.39 is 12.1 Å². The van der Waals surface area contributed by atoms with Gasteiger partial charge in [0.15, 0.2) is 0 Å². The van der Waals surface area contributed by atoms with Crippen molar-refractivity contribution >= 4 is 11.9 Å². The zero-order valence-electron chi connectivity index (χ0n) is 6.40. The lowest BCUT2D eigenvalue weighted by Crippen LogP contribution is -2.21. The molecule has 12 heavy (non-hydrogen) atoms. The minimum atomic E-state index is -5.08. The largest absolute Gasteiger partial charge is 0.490 e. The Hall–Kier alpha value is -1.27. The van der Waals surface area contributed by atoms with Crippen LogP contribution in [0.3, 0.4) is 0 Å². The number of nitrogens with one attached hydrogen (secondary N) is 1. The minimum Gasteiger partial charge on any atom is -0.475 e. The molecule has 4 nitrogen and oxygen atoms in total. The lowest BCUT2D eigenvalue weighted by atomic mass is 10.7. The number of halogens is 3. The average Bonchev–Trinajstić information content (AvgIpc) is 1.87. The van der Waals surface area contributed by atoms with Crippen LogP contribution in [0.25, 0.3) is 0 Å². The zero-order valence-corrected chi connectivity index (χ0v) is 6.40. The van der Waals surface area contributed by atoms with E-state index in [2.05, 4.69) is 5.32 Å². The monoisotopic (exact) mass is 187 g/mol. The van der Waals surface area contributed by atoms with Crippen LogP contribution in [0.2, 0.25) is 0 Å². The van der Waals surface area contributed by atoms with E-state index in [1.165, 1.54) is 6.92 Å². The summed E-state index contributed by atoms with van der Waals surface area (Å²) in [6.07, 6.45) is -5.08. The van der Waals surface area contributed by atoms with Crippen LogP contribution in [0.4, 0.5) is 13.2 Å². The predicted molar refractivity (Wildman–Crippen MR) is 33.4 cm³/mol. The highest BCUT2D eigenvalue weighted by molar-refractivity contribution is 5.73. The molecule has 0 fully saturated rings. The normalized spacial score (nSPS) is 9.42. The van der Waals surface area contributed by atoms with E-state index in [0.717, 1.165) is 0 Å². The van der Waals surface area contributed by atoms with Crippen LogP contribution in [0.5, 0.6) is 0 Å². The second-order valence-corrected chi connectivity index (χ2v) is 1.61. The highest BCUT2D eigenvalue weighted by Crippen LogP contribution is 2.13. The SMILES string of the molecule is CNC(C)=O.O=C(O)C(F)(F)F. The molecule has 7 heteroatoms. The summed E-state index contributed by atoms with van der Waals surface area (Å²) < 4.78 is 31.7. The van der Waals surface area contributed by atoms with E-state index in [-0.39, 0.29) is 5.91 Å². The highest BCUT2D eigenvalue weighted by atomic mass is 19.4. The summed E-state index contributed by atoms with van der Waals surface area (Å²) in [4.78, 5) is 18.6. The fraction of sp³-hybridized carbons (Fsp3) is 0.600. The second kappa shape index (κ2) is 5.39. The van der Waals surface area contributed by atoms with Crippen molar-refractivity contribution in [3.63, 3.8) is 0 Å². The molecule has 0 saturated heterocycles. The van der Waals surface area contributed by atoms with E-state index >= 15 is 0 Å². The first-order valence-electron chi connectivity index (χ1n) is 2.70. The summed E-state index contributed by atoms with van der Waals surface area (Å²) in [5, 5.41) is 9.51. The van der Waals surface area contributed by atoms with Gasteiger partial charge in [-0.1, -0.05) is 0 Å². The van der Waals surface area contributed by atoms with Crippen molar-refractivity contribution in [1.29, 1.82) is 0 Å². The summed E-state index contributed by atoms with van der Waals surface area (Å²) in [5.74, 6) is -2.75. The van der Waals surface area contributed by atoms with E-state index in [4.69, 9.17) is 9.90 Å². The van der Waals surface area contributed by atoms with Gasteiger partial charge in [0.25, 0.3) is 0 Å². The Kier molecular flexibility index (Phi) is 5.99. The molecule has 2 N–H and O–H groups in total. The van der Waals surface area contributed by atoms with Crippen LogP contribution in [-0.4, -0.2) is 30.2 Å². The third-order valence-electron chi connectivity index (χ3n) is 0.595. The van der Waals surface area contributed by atoms with Crippen LogP contribution >= 0.6 is 0 Å². The van der Waals surface area contributed by atoms with Gasteiger partial charge in [-0.15, -0.1) is 0 Å². The van der Waals surface area contributed by atoms with Crippen molar-refractivity contribution in [2.45, 2.75) is 13.1 Å². The first kappa shape index (κ1) is 13.3. The molecule has 0 aliphatic carbocycles. The van der Waals surface area contributed by atoms with Crippen LogP contribution in [0, 0.1) is 0 Å². The summed E-state index contributed by atoms with van der Waals surface area (Å²) in [5.41, 5.74) is 0. The molecule has 0 aromatic rings. The van der Waals surface area contributed by atoms with Crippen molar-refractivity contribution in [3.8, 4) is 0 Å². The second-order valence-electron chi connectivity index (χ2n) is 1.61. The number of rotatable bonds is 0. The van der Waals surface area contributed by atoms with E-state index in [1.54, 1.807) is 7.05 Å². The van der Waals surface area contributed by atoms with Crippen LogP contribution in [0.1, 0.15) is 6.92 Å². The fourth-order valence-electron chi connectivity index (χ4n) is 0. The maximum absolute atomic E-state index is 10.6. The Labute approximate surface area is 66.4 Å². The van der Waals surface area contributed by atoms with Crippen molar-refractivity contribution in [1.82, 2.24) is 5.32 Å². The van der Waals surface area contributed by atoms with Crippen LogP contribution < -0.4 is 5.32 Å². The molecule has 0 rings (SSSR count). The Balaban J connectivity index is 0. The third-order valence-corrected chi connectivity index (χ3v) is 0.595. The van der Waals surface area contributed by atoms with Gasteiger partial charge < -0.3 is 10.4 Å². The van der Waals surface area contributed by atoms with Gasteiger partial charge in [-0.05, 0) is 0 Å². The molecule has 0 unspecified atom stereocenters. The van der Waals surface area contributed by atoms with Crippen molar-refractivity contribution in [3.05, 3.63) is 0 Å². The first-order valence-corrected chi connectivity index (χ1v) is 2.70. The van der Waals surface area contributed by atoms with Gasteiger partial charge in [-0.2, -0.15) is 13.2 Å². The van der Waals surface area contributed by atoms with Crippen molar-refractivity contribution in [2.24, 2.45) is 0 Å². The topological polar surface area (TPSA) is 66.4 Å². The maximum atomic E-state index is 10.6. The molecule has 0 aromatic carbocycles. The summed E-state index contributed by atoms with van der Waals surface area (Å²) in [6, 6.07) is 0. The van der Waals surface area contributed by atoms with E-state index in [9.17, 15) is 18.0 Å². The maximum Gasteiger partial charge on any atom is 0.490 e. The Morgan fingerprint density at radius 1 is 1.33 bits per heavy atom. The van der Waals surface area contributed by atoms with Gasteiger partial charge in [0.05, 0.1) is 0 Å². The fourth-order valence-corrected chi connectivity index (χ4v) is 0. The van der Waals surface area contributed by atoms with Gasteiger partial charge in [-0.25, -0.2) is 4.79 Å². The molecule has 72 valence electrons. The molecule has 0 spiro atoms. The molecular formula is C5H8F3NO3. The standard InChI is InChI=1S/C3H7NO.C2HF3O2/c1-3(5)4-2;3-2(4,5)1(6)7/h1-2H3,(H,4,5);(H,6,7). The Morgan fingerprint density at radius 3 is 1.50 bits per heavy atom. The molecule has 0 heterocycles. The number of carboxylic acid groups (broad SMARTS) is 1. The molecule has 1 amide bonds. The molecule has 0 aromatic heterocycles. The molecule has 0 atom stereocenters. The Morgan fingerprint density at radius 2 is 1.50 bits per heavy atom. The smallest absolute Gasteiger partial charge is 0.475 e. The zero-order chi connectivity index (χ0) is 10.4. The van der Waals surface area contributed by atoms with Gasteiger partial charge in [0, 0.05) is 14.0 Å². The first-order chi connectivity index (χ1) is 5.21.